The highest BCUT2D eigenvalue weighted by Gasteiger charge is 2.27. The molecule has 0 radical (unpaired) electrons. The average molecular weight is 380 g/mol. The van der Waals surface area contributed by atoms with Crippen molar-refractivity contribution in [1.82, 2.24) is 0 Å². The summed E-state index contributed by atoms with van der Waals surface area (Å²) >= 11 is 0. The third kappa shape index (κ3) is 14.9. The highest BCUT2D eigenvalue weighted by atomic mass is 16.7. The van der Waals surface area contributed by atoms with Crippen LogP contribution in [0.5, 0.6) is 0 Å². The molecule has 0 saturated carbocycles. The molecular formula is C22H41BO4. The smallest absolute Gasteiger partial charge is 0.454 e. The second-order valence-electron chi connectivity index (χ2n) is 7.68. The molecule has 0 amide bonds. The molecule has 1 aliphatic heterocycles. The fourth-order valence-electron chi connectivity index (χ4n) is 3.28. The quantitative estimate of drug-likeness (QED) is 0.132. The number of hydrogen-bond donors (Lipinski definition) is 0. The van der Waals surface area contributed by atoms with Crippen molar-refractivity contribution in [3.05, 3.63) is 12.2 Å². The molecule has 1 unspecified atom stereocenters. The molecule has 1 rings (SSSR count). The summed E-state index contributed by atoms with van der Waals surface area (Å²) in [6, 6.07) is 0. The molecule has 1 fully saturated rings. The molecule has 156 valence electrons. The van der Waals surface area contributed by atoms with Crippen LogP contribution in [0.15, 0.2) is 12.2 Å². The van der Waals surface area contributed by atoms with E-state index in [4.69, 9.17) is 14.0 Å². The van der Waals surface area contributed by atoms with Gasteiger partial charge >= 0.3 is 13.1 Å². The maximum atomic E-state index is 11.7. The lowest BCUT2D eigenvalue weighted by molar-refractivity contribution is -0.146. The van der Waals surface area contributed by atoms with Crippen LogP contribution in [0.4, 0.5) is 0 Å². The second-order valence-corrected chi connectivity index (χ2v) is 7.68. The highest BCUT2D eigenvalue weighted by molar-refractivity contribution is 6.43. The molecule has 27 heavy (non-hydrogen) atoms. The predicted octanol–water partition coefficient (Wildman–Crippen LogP) is 6.10. The van der Waals surface area contributed by atoms with Crippen LogP contribution in [0, 0.1) is 0 Å². The van der Waals surface area contributed by atoms with Crippen molar-refractivity contribution in [2.24, 2.45) is 0 Å². The fourth-order valence-corrected chi connectivity index (χ4v) is 3.28. The van der Waals surface area contributed by atoms with Crippen LogP contribution in [-0.4, -0.2) is 32.4 Å². The molecule has 0 aliphatic carbocycles. The Morgan fingerprint density at radius 3 is 2.15 bits per heavy atom. The first kappa shape index (κ1) is 24.2. The van der Waals surface area contributed by atoms with Gasteiger partial charge in [0.05, 0.1) is 12.7 Å². The number of carbonyl (C=O) groups excluding carboxylic acids is 1. The summed E-state index contributed by atoms with van der Waals surface area (Å²) in [6.07, 6.45) is 21.5. The number of rotatable bonds is 17. The lowest BCUT2D eigenvalue weighted by Crippen LogP contribution is -2.21. The van der Waals surface area contributed by atoms with Crippen LogP contribution >= 0.6 is 0 Å². The van der Waals surface area contributed by atoms with Gasteiger partial charge in [0.2, 0.25) is 0 Å². The van der Waals surface area contributed by atoms with Gasteiger partial charge in [0.25, 0.3) is 0 Å². The van der Waals surface area contributed by atoms with Crippen molar-refractivity contribution < 1.29 is 18.8 Å². The largest absolute Gasteiger partial charge is 0.463 e. The van der Waals surface area contributed by atoms with Gasteiger partial charge in [-0.3, -0.25) is 4.79 Å². The molecule has 1 saturated heterocycles. The van der Waals surface area contributed by atoms with Crippen LogP contribution in [0.1, 0.15) is 96.8 Å². The minimum Gasteiger partial charge on any atom is -0.463 e. The Bertz CT molecular complexity index is 387. The van der Waals surface area contributed by atoms with E-state index < -0.39 is 0 Å². The number of esters is 1. The van der Waals surface area contributed by atoms with Crippen molar-refractivity contribution in [3.8, 4) is 0 Å². The fraction of sp³-hybridized carbons (Fsp3) is 0.864. The summed E-state index contributed by atoms with van der Waals surface area (Å²) in [5.41, 5.74) is 0. The Labute approximate surface area is 167 Å². The molecule has 0 spiro atoms. The maximum absolute atomic E-state index is 11.7. The standard InChI is InChI=1S/C22H41BO4/c1-3-4-5-6-7-8-9-10-11-12-13-14-15-16-17-18-22(24)25-19-21-20-26-23(2)27-21/h10-11,21H,3-9,12-20H2,1-2H3/b11-10-. The first-order chi connectivity index (χ1) is 13.2. The Balaban J connectivity index is 1.78. The van der Waals surface area contributed by atoms with Crippen molar-refractivity contribution in [3.63, 3.8) is 0 Å². The van der Waals surface area contributed by atoms with Gasteiger partial charge in [0, 0.05) is 6.42 Å². The van der Waals surface area contributed by atoms with Gasteiger partial charge in [-0.15, -0.1) is 0 Å². The highest BCUT2D eigenvalue weighted by Crippen LogP contribution is 2.11. The van der Waals surface area contributed by atoms with E-state index in [0.717, 1.165) is 12.8 Å². The second kappa shape index (κ2) is 17.3. The predicted molar refractivity (Wildman–Crippen MR) is 113 cm³/mol. The third-order valence-electron chi connectivity index (χ3n) is 4.97. The van der Waals surface area contributed by atoms with E-state index in [1.807, 2.05) is 6.82 Å². The van der Waals surface area contributed by atoms with E-state index in [1.165, 1.54) is 70.6 Å². The molecular weight excluding hydrogens is 339 g/mol. The van der Waals surface area contributed by atoms with Gasteiger partial charge in [-0.05, 0) is 38.9 Å². The summed E-state index contributed by atoms with van der Waals surface area (Å²) in [4.78, 5) is 11.7. The number of carbonyl (C=O) groups is 1. The van der Waals surface area contributed by atoms with Crippen molar-refractivity contribution >= 4 is 13.1 Å². The lowest BCUT2D eigenvalue weighted by Gasteiger charge is -2.09. The number of ether oxygens (including phenoxy) is 1. The zero-order chi connectivity index (χ0) is 19.6. The van der Waals surface area contributed by atoms with Crippen LogP contribution in [0.25, 0.3) is 0 Å². The topological polar surface area (TPSA) is 44.8 Å². The van der Waals surface area contributed by atoms with Crippen LogP contribution in [-0.2, 0) is 18.8 Å². The molecule has 1 atom stereocenters. The molecule has 1 heterocycles. The Morgan fingerprint density at radius 2 is 1.56 bits per heavy atom. The summed E-state index contributed by atoms with van der Waals surface area (Å²) in [6.45, 7) is 4.95. The van der Waals surface area contributed by atoms with Gasteiger partial charge in [-0.2, -0.15) is 0 Å². The summed E-state index contributed by atoms with van der Waals surface area (Å²) in [7, 11) is -0.181. The van der Waals surface area contributed by atoms with Crippen LogP contribution in [0.2, 0.25) is 6.82 Å². The number of unbranched alkanes of at least 4 members (excludes halogenated alkanes) is 11. The van der Waals surface area contributed by atoms with Gasteiger partial charge < -0.3 is 14.0 Å². The summed E-state index contributed by atoms with van der Waals surface area (Å²) in [5.74, 6) is -0.115. The first-order valence-electron chi connectivity index (χ1n) is 11.3. The SMILES string of the molecule is CCCCCCCC/C=C\CCCCCCCC(=O)OCC1COB(C)O1. The van der Waals surface area contributed by atoms with Crippen LogP contribution < -0.4 is 0 Å². The monoisotopic (exact) mass is 380 g/mol. The minimum absolute atomic E-state index is 0.0990. The Hall–Kier alpha value is -0.805. The van der Waals surface area contributed by atoms with Gasteiger partial charge in [-0.1, -0.05) is 70.4 Å². The van der Waals surface area contributed by atoms with E-state index in [-0.39, 0.29) is 19.2 Å². The van der Waals surface area contributed by atoms with E-state index >= 15 is 0 Å². The summed E-state index contributed by atoms with van der Waals surface area (Å²) in [5, 5.41) is 0. The lowest BCUT2D eigenvalue weighted by atomic mass is 9.97. The van der Waals surface area contributed by atoms with Crippen molar-refractivity contribution in [2.75, 3.05) is 13.2 Å². The summed E-state index contributed by atoms with van der Waals surface area (Å²) < 4.78 is 15.9. The van der Waals surface area contributed by atoms with Gasteiger partial charge in [-0.25, -0.2) is 0 Å². The molecule has 5 heteroatoms. The molecule has 1 aliphatic rings. The number of hydrogen-bond acceptors (Lipinski definition) is 4. The normalized spacial score (nSPS) is 17.1. The molecule has 0 aromatic rings. The van der Waals surface area contributed by atoms with Crippen molar-refractivity contribution in [2.45, 2.75) is 110 Å². The zero-order valence-electron chi connectivity index (χ0n) is 17.8. The van der Waals surface area contributed by atoms with E-state index in [0.29, 0.717) is 19.6 Å². The van der Waals surface area contributed by atoms with Gasteiger partial charge in [0.1, 0.15) is 6.61 Å². The molecule has 0 aromatic heterocycles. The molecule has 0 N–H and O–H groups in total. The van der Waals surface area contributed by atoms with E-state index in [2.05, 4.69) is 19.1 Å². The molecule has 0 bridgehead atoms. The molecule has 0 aromatic carbocycles. The van der Waals surface area contributed by atoms with E-state index in [1.54, 1.807) is 0 Å². The molecule has 4 nitrogen and oxygen atoms in total. The number of allylic oxidation sites excluding steroid dienone is 2. The third-order valence-corrected chi connectivity index (χ3v) is 4.97. The maximum Gasteiger partial charge on any atom is 0.454 e. The average Bonchev–Trinajstić information content (AvgIpc) is 3.08. The first-order valence-corrected chi connectivity index (χ1v) is 11.3. The van der Waals surface area contributed by atoms with Gasteiger partial charge in [0.15, 0.2) is 0 Å². The Morgan fingerprint density at radius 1 is 0.963 bits per heavy atom. The van der Waals surface area contributed by atoms with E-state index in [9.17, 15) is 4.79 Å². The Kier molecular flexibility index (Phi) is 15.5. The zero-order valence-corrected chi connectivity index (χ0v) is 17.8. The van der Waals surface area contributed by atoms with Crippen LogP contribution in [0.3, 0.4) is 0 Å². The van der Waals surface area contributed by atoms with Crippen molar-refractivity contribution in [1.29, 1.82) is 0 Å². The minimum atomic E-state index is -0.181.